The highest BCUT2D eigenvalue weighted by molar-refractivity contribution is 5.95. The van der Waals surface area contributed by atoms with E-state index in [9.17, 15) is 14.4 Å². The number of nitrogens with zero attached hydrogens (tertiary/aromatic N) is 3. The second kappa shape index (κ2) is 12.3. The maximum Gasteiger partial charge on any atom is 0.258 e. The Morgan fingerprint density at radius 3 is 2.67 bits per heavy atom. The van der Waals surface area contributed by atoms with Crippen LogP contribution in [-0.2, 0) is 23.2 Å². The van der Waals surface area contributed by atoms with Gasteiger partial charge in [0.1, 0.15) is 23.4 Å². The van der Waals surface area contributed by atoms with Gasteiger partial charge in [0.05, 0.1) is 36.8 Å². The lowest BCUT2D eigenvalue weighted by Crippen LogP contribution is -2.45. The van der Waals surface area contributed by atoms with E-state index in [0.717, 1.165) is 24.1 Å². The van der Waals surface area contributed by atoms with Gasteiger partial charge in [-0.15, -0.1) is 0 Å². The molecule has 2 atom stereocenters. The van der Waals surface area contributed by atoms with Crippen LogP contribution in [-0.4, -0.2) is 77.4 Å². The highest BCUT2D eigenvalue weighted by atomic mass is 16.5. The van der Waals surface area contributed by atoms with Crippen molar-refractivity contribution in [3.63, 3.8) is 0 Å². The third kappa shape index (κ3) is 7.26. The zero-order valence-corrected chi connectivity index (χ0v) is 24.3. The van der Waals surface area contributed by atoms with E-state index in [1.807, 2.05) is 43.1 Å². The van der Waals surface area contributed by atoms with Gasteiger partial charge in [0.25, 0.3) is 11.8 Å². The smallest absolute Gasteiger partial charge is 0.258 e. The molecule has 7 rings (SSSR count). The lowest BCUT2D eigenvalue weighted by molar-refractivity contribution is -0.123. The van der Waals surface area contributed by atoms with Crippen LogP contribution in [0.15, 0.2) is 48.7 Å². The molecule has 1 saturated carbocycles. The molecule has 2 aromatic carbocycles. The van der Waals surface area contributed by atoms with Crippen LogP contribution in [0, 0.1) is 12.8 Å². The van der Waals surface area contributed by atoms with Crippen molar-refractivity contribution in [2.24, 2.45) is 13.0 Å². The summed E-state index contributed by atoms with van der Waals surface area (Å²) in [5.74, 6) is 1.24. The molecule has 43 heavy (non-hydrogen) atoms. The second-order valence-electron chi connectivity index (χ2n) is 11.4. The number of rotatable bonds is 6. The summed E-state index contributed by atoms with van der Waals surface area (Å²) in [6.45, 7) is 3.56. The fourth-order valence-electron chi connectivity index (χ4n) is 5.13. The molecule has 4 bridgehead atoms. The monoisotopic (exact) mass is 588 g/mol. The number of hydrogen-bond acceptors (Lipinski definition) is 8. The zero-order valence-electron chi connectivity index (χ0n) is 24.3. The molecule has 1 saturated heterocycles. The van der Waals surface area contributed by atoms with Gasteiger partial charge in [-0.2, -0.15) is 5.10 Å². The molecule has 226 valence electrons. The standard InChI is InChI=1S/C31H36N6O6/c1-19-26(13-33-36(19)2)34-29(38)16-37-14-27-28(15-37)43-23-7-5-20(6-8-23)12-32-30(39)18-42-25-10-22(31(40)35-27)9-24(11-25)41-17-21-3-4-21/h5-11,13,21,27-28H,3-4,12,14-18H2,1-2H3,(H,32,39)(H,34,38)(H,35,40)/t27-,28-/m0/s1. The lowest BCUT2D eigenvalue weighted by Gasteiger charge is -2.22. The Morgan fingerprint density at radius 2 is 1.93 bits per heavy atom. The summed E-state index contributed by atoms with van der Waals surface area (Å²) < 4.78 is 19.8. The molecule has 0 unspecified atom stereocenters. The number of anilines is 1. The van der Waals surface area contributed by atoms with Gasteiger partial charge >= 0.3 is 0 Å². The Labute approximate surface area is 249 Å². The van der Waals surface area contributed by atoms with Crippen molar-refractivity contribution in [2.75, 3.05) is 38.2 Å². The number of ether oxygens (including phenoxy) is 3. The number of aryl methyl sites for hydroxylation is 1. The van der Waals surface area contributed by atoms with E-state index in [4.69, 9.17) is 14.2 Å². The quantitative estimate of drug-likeness (QED) is 0.398. The molecule has 2 fully saturated rings. The fourth-order valence-corrected chi connectivity index (χ4v) is 5.13. The molecular weight excluding hydrogens is 552 g/mol. The van der Waals surface area contributed by atoms with Crippen LogP contribution >= 0.6 is 0 Å². The van der Waals surface area contributed by atoms with E-state index in [-0.39, 0.29) is 30.9 Å². The maximum atomic E-state index is 13.6. The number of fused-ring (bicyclic) bond motifs is 7. The van der Waals surface area contributed by atoms with Gasteiger partial charge in [-0.05, 0) is 55.5 Å². The van der Waals surface area contributed by atoms with Crippen LogP contribution in [0.25, 0.3) is 0 Å². The number of amides is 3. The van der Waals surface area contributed by atoms with Crippen molar-refractivity contribution in [3.8, 4) is 17.2 Å². The molecule has 3 amide bonds. The van der Waals surface area contributed by atoms with Gasteiger partial charge in [0.15, 0.2) is 6.61 Å². The number of likely N-dealkylation sites (tertiary alicyclic amines) is 1. The molecule has 1 aliphatic carbocycles. The van der Waals surface area contributed by atoms with Gasteiger partial charge in [-0.25, -0.2) is 0 Å². The summed E-state index contributed by atoms with van der Waals surface area (Å²) in [4.78, 5) is 40.9. The summed E-state index contributed by atoms with van der Waals surface area (Å²) in [6, 6.07) is 12.0. The minimum absolute atomic E-state index is 0.127. The van der Waals surface area contributed by atoms with Crippen molar-refractivity contribution in [2.45, 2.75) is 38.5 Å². The van der Waals surface area contributed by atoms with Crippen LogP contribution in [0.3, 0.4) is 0 Å². The molecule has 0 spiro atoms. The van der Waals surface area contributed by atoms with Crippen molar-refractivity contribution in [1.29, 1.82) is 0 Å². The van der Waals surface area contributed by atoms with Crippen LogP contribution < -0.4 is 30.2 Å². The minimum Gasteiger partial charge on any atom is -0.493 e. The second-order valence-corrected chi connectivity index (χ2v) is 11.4. The molecule has 12 heteroatoms. The van der Waals surface area contributed by atoms with E-state index in [0.29, 0.717) is 60.7 Å². The van der Waals surface area contributed by atoms with Crippen molar-refractivity contribution in [1.82, 2.24) is 25.3 Å². The molecule has 0 radical (unpaired) electrons. The van der Waals surface area contributed by atoms with Crippen molar-refractivity contribution >= 4 is 23.4 Å². The minimum atomic E-state index is -0.414. The predicted molar refractivity (Wildman–Crippen MR) is 157 cm³/mol. The number of carbonyl (C=O) groups excluding carboxylic acids is 3. The maximum absolute atomic E-state index is 13.6. The molecule has 4 heterocycles. The Bertz CT molecular complexity index is 1500. The van der Waals surface area contributed by atoms with Gasteiger partial charge in [0.2, 0.25) is 5.91 Å². The SMILES string of the molecule is Cc1c(NC(=O)CN2C[C@@H]3NC(=O)c4cc(cc(OCC5CC5)c4)OCC(=O)NCc4ccc(cc4)O[C@H]3C2)cnn1C. The van der Waals surface area contributed by atoms with Crippen LogP contribution in [0.2, 0.25) is 0 Å². The number of aromatic nitrogens is 2. The molecule has 3 aliphatic heterocycles. The predicted octanol–water partition coefficient (Wildman–Crippen LogP) is 2.03. The first-order valence-corrected chi connectivity index (χ1v) is 14.5. The van der Waals surface area contributed by atoms with E-state index < -0.39 is 12.1 Å². The third-order valence-electron chi connectivity index (χ3n) is 7.93. The number of nitrogens with one attached hydrogen (secondary N) is 3. The summed E-state index contributed by atoms with van der Waals surface area (Å²) >= 11 is 0. The zero-order chi connectivity index (χ0) is 29.9. The summed E-state index contributed by atoms with van der Waals surface area (Å²) in [5.41, 5.74) is 2.77. The summed E-state index contributed by atoms with van der Waals surface area (Å²) in [7, 11) is 1.82. The van der Waals surface area contributed by atoms with Crippen molar-refractivity contribution in [3.05, 3.63) is 65.5 Å². The summed E-state index contributed by atoms with van der Waals surface area (Å²) in [5, 5.41) is 13.1. The largest absolute Gasteiger partial charge is 0.493 e. The van der Waals surface area contributed by atoms with Gasteiger partial charge in [0, 0.05) is 38.3 Å². The Balaban J connectivity index is 1.22. The Hall–Kier alpha value is -4.58. The first kappa shape index (κ1) is 28.5. The van der Waals surface area contributed by atoms with E-state index >= 15 is 0 Å². The Kier molecular flexibility index (Phi) is 8.19. The van der Waals surface area contributed by atoms with Crippen LogP contribution in [0.1, 0.15) is 34.5 Å². The first-order chi connectivity index (χ1) is 20.8. The van der Waals surface area contributed by atoms with E-state index in [1.54, 1.807) is 29.1 Å². The summed E-state index contributed by atoms with van der Waals surface area (Å²) in [6.07, 6.45) is 3.47. The normalized spacial score (nSPS) is 20.7. The number of carbonyl (C=O) groups is 3. The topological polar surface area (TPSA) is 136 Å². The number of benzene rings is 2. The molecule has 3 N–H and O–H groups in total. The van der Waals surface area contributed by atoms with Crippen LogP contribution in [0.5, 0.6) is 17.2 Å². The average Bonchev–Trinajstić information content (AvgIpc) is 3.69. The fraction of sp³-hybridized carbons (Fsp3) is 0.419. The van der Waals surface area contributed by atoms with Gasteiger partial charge < -0.3 is 30.2 Å². The average molecular weight is 589 g/mol. The highest BCUT2D eigenvalue weighted by Gasteiger charge is 2.37. The number of hydrogen-bond donors (Lipinski definition) is 3. The Morgan fingerprint density at radius 1 is 1.12 bits per heavy atom. The molecule has 3 aromatic rings. The van der Waals surface area contributed by atoms with Crippen LogP contribution in [0.4, 0.5) is 5.69 Å². The highest BCUT2D eigenvalue weighted by Crippen LogP contribution is 2.31. The van der Waals surface area contributed by atoms with E-state index in [2.05, 4.69) is 21.0 Å². The molecular formula is C31H36N6O6. The van der Waals surface area contributed by atoms with Crippen molar-refractivity contribution < 1.29 is 28.6 Å². The van der Waals surface area contributed by atoms with E-state index in [1.165, 1.54) is 0 Å². The van der Waals surface area contributed by atoms with Gasteiger partial charge in [-0.3, -0.25) is 24.0 Å². The third-order valence-corrected chi connectivity index (χ3v) is 7.93. The molecule has 12 nitrogen and oxygen atoms in total. The molecule has 1 aromatic heterocycles. The first-order valence-electron chi connectivity index (χ1n) is 14.5. The van der Waals surface area contributed by atoms with Gasteiger partial charge in [-0.1, -0.05) is 12.1 Å². The molecule has 4 aliphatic rings. The lowest BCUT2D eigenvalue weighted by atomic mass is 10.1.